The summed E-state index contributed by atoms with van der Waals surface area (Å²) in [5.74, 6) is 0.367. The molecule has 2 saturated carbocycles. The van der Waals surface area contributed by atoms with Gasteiger partial charge in [0.1, 0.15) is 12.7 Å². The number of hydrogen-bond donors (Lipinski definition) is 8. The maximum atomic E-state index is 13.3. The number of nitrogens with zero attached hydrogens (tertiary/aromatic N) is 8. The lowest BCUT2D eigenvalue weighted by atomic mass is 9.73. The molecular formula is C88H104N12O10. The first-order valence-corrected chi connectivity index (χ1v) is 39.9. The molecule has 8 N–H and O–H groups in total. The summed E-state index contributed by atoms with van der Waals surface area (Å²) >= 11 is 0. The Morgan fingerprint density at radius 1 is 0.473 bits per heavy atom. The molecule has 14 rings (SSSR count). The summed E-state index contributed by atoms with van der Waals surface area (Å²) in [6.07, 6.45) is 22.0. The van der Waals surface area contributed by atoms with Crippen molar-refractivity contribution in [3.8, 4) is 11.5 Å². The Morgan fingerprint density at radius 2 is 0.845 bits per heavy atom. The number of aliphatic hydroxyl groups excluding tert-OH is 2. The van der Waals surface area contributed by atoms with E-state index in [4.69, 9.17) is 29.6 Å². The first-order chi connectivity index (χ1) is 53.7. The molecule has 4 aliphatic rings. The highest BCUT2D eigenvalue weighted by molar-refractivity contribution is 5.97. The summed E-state index contributed by atoms with van der Waals surface area (Å²) < 4.78 is 15.2. The van der Waals surface area contributed by atoms with Crippen molar-refractivity contribution in [3.63, 3.8) is 0 Å². The molecule has 22 heteroatoms. The Morgan fingerprint density at radius 3 is 1.23 bits per heavy atom. The van der Waals surface area contributed by atoms with Crippen LogP contribution in [-0.4, -0.2) is 147 Å². The van der Waals surface area contributed by atoms with E-state index in [-0.39, 0.29) is 47.5 Å². The number of nitrogens with one attached hydrogen (secondary N) is 4. The van der Waals surface area contributed by atoms with E-state index in [2.05, 4.69) is 78.9 Å². The van der Waals surface area contributed by atoms with E-state index in [1.54, 1.807) is 24.3 Å². The number of esters is 2. The van der Waals surface area contributed by atoms with Crippen molar-refractivity contribution in [3.05, 3.63) is 259 Å². The van der Waals surface area contributed by atoms with Gasteiger partial charge in [0.15, 0.2) is 34.3 Å². The average molecular weight is 1490 g/mol. The molecule has 0 spiro atoms. The smallest absolute Gasteiger partial charge is 0.336 e. The summed E-state index contributed by atoms with van der Waals surface area (Å²) in [6, 6.07) is 49.4. The van der Waals surface area contributed by atoms with Crippen molar-refractivity contribution < 1.29 is 39.5 Å². The van der Waals surface area contributed by atoms with Crippen LogP contribution in [0.5, 0.6) is 11.5 Å². The predicted molar refractivity (Wildman–Crippen MR) is 423 cm³/mol. The molecule has 6 aromatic carbocycles. The zero-order chi connectivity index (χ0) is 75.8. The number of carbonyl (C=O) groups excluding carboxylic acids is 2. The largest absolute Gasteiger partial charge is 0.421 e. The Bertz CT molecular complexity index is 4520. The Hall–Kier alpha value is -9.62. The second-order valence-electron chi connectivity index (χ2n) is 30.9. The van der Waals surface area contributed by atoms with Gasteiger partial charge in [0.25, 0.3) is 0 Å². The third-order valence-corrected chi connectivity index (χ3v) is 23.5. The van der Waals surface area contributed by atoms with E-state index in [9.17, 15) is 39.6 Å². The van der Waals surface area contributed by atoms with Crippen LogP contribution >= 0.6 is 0 Å². The zero-order valence-electron chi connectivity index (χ0n) is 62.8. The number of aromatic nitrogens is 8. The number of H-pyrrole nitrogens is 2. The Kier molecular flexibility index (Phi) is 25.6. The lowest BCUT2D eigenvalue weighted by molar-refractivity contribution is -0.131. The number of aromatic amines is 2. The van der Waals surface area contributed by atoms with Gasteiger partial charge in [-0.3, -0.25) is 19.0 Å². The van der Waals surface area contributed by atoms with Crippen LogP contribution in [0.15, 0.2) is 192 Å². The molecule has 4 fully saturated rings. The highest BCUT2D eigenvalue weighted by Gasteiger charge is 2.45. The molecule has 2 aliphatic heterocycles. The molecule has 110 heavy (non-hydrogen) atoms. The number of hydrogen-bond acceptors (Lipinski definition) is 18. The monoisotopic (exact) mass is 1490 g/mol. The van der Waals surface area contributed by atoms with E-state index in [0.29, 0.717) is 58.5 Å². The van der Waals surface area contributed by atoms with Crippen molar-refractivity contribution in [1.82, 2.24) is 59.9 Å². The fourth-order valence-corrected chi connectivity index (χ4v) is 17.1. The van der Waals surface area contributed by atoms with Crippen LogP contribution in [0.25, 0.3) is 21.8 Å². The highest BCUT2D eigenvalue weighted by Crippen LogP contribution is 2.45. The number of fused-ring (bicyclic) bond motifs is 2. The first-order valence-electron chi connectivity index (χ1n) is 39.9. The van der Waals surface area contributed by atoms with E-state index < -0.39 is 46.5 Å². The number of pyridine rings is 2. The topological polar surface area (TPSA) is 291 Å². The van der Waals surface area contributed by atoms with Gasteiger partial charge < -0.3 is 60.3 Å². The van der Waals surface area contributed by atoms with Gasteiger partial charge in [0.05, 0.1) is 23.2 Å². The summed E-state index contributed by atoms with van der Waals surface area (Å²) in [5.41, 5.74) is 4.79. The third kappa shape index (κ3) is 19.0. The highest BCUT2D eigenvalue weighted by atomic mass is 16.5. The summed E-state index contributed by atoms with van der Waals surface area (Å²) in [5, 5.41) is 65.0. The molecule has 4 aromatic heterocycles. The standard InChI is InChI=1S/C88H104N12O10/c101-75(55-89-47-39-61-21-25-63(26-22-61)41-49-97-51-43-65(44-52-97)57-99-59-91-85(95-99)87(107,67-13-5-1-6-14-67)68-15-7-2-8-16-68)71-29-33-77(83-73(71)31-35-79(103)93-83)109-81(105)37-38-82(106)110-78-34-30-72(74-32-36-80(104)94-84(74)78)76(102)56-90-48-40-62-23-27-64(28-24-62)42-50-98-53-45-66(46-54-98)58-100-60-92-86(96-100)88(108,69-17-9-3-10-18-69)70-19-11-4-12-20-70/h1,3,5-6,9-10,13-14,17-18,21-38,59-60,65-66,68,70,75-76,89-90,101-102,107-108H,2,4,7-8,11-12,15-16,19-20,39-58H2,(H,93,103)(H,94,104)/b38-37+/t75-,76-,87?,88?/m0/s1. The number of likely N-dealkylation sites (tertiary alicyclic amines) is 2. The fraction of sp³-hybridized carbons (Fsp3) is 0.432. The van der Waals surface area contributed by atoms with Gasteiger partial charge in [-0.1, -0.05) is 160 Å². The normalized spacial score (nSPS) is 17.8. The zero-order valence-corrected chi connectivity index (χ0v) is 62.8. The minimum atomic E-state index is -1.19. The maximum absolute atomic E-state index is 13.3. The second-order valence-corrected chi connectivity index (χ2v) is 30.9. The molecule has 2 saturated heterocycles. The molecule has 576 valence electrons. The molecule has 0 bridgehead atoms. The average Bonchev–Trinajstić information content (AvgIpc) is 1.57. The molecule has 4 atom stereocenters. The van der Waals surface area contributed by atoms with Crippen molar-refractivity contribution in [2.45, 2.75) is 152 Å². The predicted octanol–water partition coefficient (Wildman–Crippen LogP) is 10.9. The lowest BCUT2D eigenvalue weighted by Gasteiger charge is -2.37. The molecule has 2 unspecified atom stereocenters. The Labute approximate surface area is 642 Å². The van der Waals surface area contributed by atoms with Crippen molar-refractivity contribution in [2.24, 2.45) is 23.7 Å². The van der Waals surface area contributed by atoms with Gasteiger partial charge in [-0.2, -0.15) is 10.2 Å². The van der Waals surface area contributed by atoms with Crippen LogP contribution in [0.1, 0.15) is 158 Å². The van der Waals surface area contributed by atoms with E-state index >= 15 is 0 Å². The molecule has 0 radical (unpaired) electrons. The molecule has 6 heterocycles. The number of rotatable bonds is 32. The van der Waals surface area contributed by atoms with Crippen LogP contribution in [0.4, 0.5) is 0 Å². The number of piperidine rings is 2. The minimum absolute atomic E-state index is 0.00631. The lowest BCUT2D eigenvalue weighted by Crippen LogP contribution is -2.39. The third-order valence-electron chi connectivity index (χ3n) is 23.5. The summed E-state index contributed by atoms with van der Waals surface area (Å²) in [6.45, 7) is 9.34. The van der Waals surface area contributed by atoms with Gasteiger partial charge in [0, 0.05) is 74.3 Å². The number of aliphatic hydroxyl groups is 4. The quantitative estimate of drug-likeness (QED) is 0.00841. The van der Waals surface area contributed by atoms with Crippen molar-refractivity contribution >= 4 is 33.7 Å². The fourth-order valence-electron chi connectivity index (χ4n) is 17.1. The molecule has 0 amide bonds. The van der Waals surface area contributed by atoms with Crippen molar-refractivity contribution in [2.75, 3.05) is 65.4 Å². The van der Waals surface area contributed by atoms with Crippen molar-refractivity contribution in [1.29, 1.82) is 0 Å². The van der Waals surface area contributed by atoms with Crippen LogP contribution in [0.2, 0.25) is 0 Å². The van der Waals surface area contributed by atoms with E-state index in [0.717, 1.165) is 178 Å². The van der Waals surface area contributed by atoms with Gasteiger partial charge in [-0.25, -0.2) is 19.6 Å². The Balaban J connectivity index is 0.484. The van der Waals surface area contributed by atoms with Gasteiger partial charge >= 0.3 is 11.9 Å². The molecule has 10 aromatic rings. The summed E-state index contributed by atoms with van der Waals surface area (Å²) in [4.78, 5) is 71.8. The number of ether oxygens (including phenoxy) is 2. The van der Waals surface area contributed by atoms with E-state index in [1.807, 2.05) is 82.7 Å². The van der Waals surface area contributed by atoms with Crippen LogP contribution in [-0.2, 0) is 59.6 Å². The van der Waals surface area contributed by atoms with Crippen LogP contribution in [0, 0.1) is 23.7 Å². The first kappa shape index (κ1) is 77.1. The minimum Gasteiger partial charge on any atom is -0.421 e. The van der Waals surface area contributed by atoms with Gasteiger partial charge in [0.2, 0.25) is 11.1 Å². The SMILES string of the molecule is O=C(/C=C/C(=O)Oc1ccc([C@@H](O)CNCCc2ccc(CCN3CCC(Cn4cnc(C(O)(c5ccccc5)C5CCCCC5)n4)CC3)cc2)c2ccc(=O)[nH]c12)Oc1ccc([C@@H](O)CNCCc2ccc(CCN3CCC(Cn4cnc(C(O)(c5ccccc5)C5CCCCC5)n4)CC3)cc2)c2ccc(=O)[nH]c12. The molecular weight excluding hydrogens is 1390 g/mol. The van der Waals surface area contributed by atoms with E-state index in [1.165, 1.54) is 59.4 Å². The van der Waals surface area contributed by atoms with Gasteiger partial charge in [-0.15, -0.1) is 0 Å². The number of carbonyl (C=O) groups is 2. The second kappa shape index (κ2) is 36.5. The summed E-state index contributed by atoms with van der Waals surface area (Å²) in [7, 11) is 0. The van der Waals surface area contributed by atoms with Gasteiger partial charge in [-0.05, 0) is 209 Å². The van der Waals surface area contributed by atoms with Crippen LogP contribution in [0.3, 0.4) is 0 Å². The maximum Gasteiger partial charge on any atom is 0.336 e. The molecule has 2 aliphatic carbocycles. The number of benzene rings is 6. The molecule has 22 nitrogen and oxygen atoms in total. The van der Waals surface area contributed by atoms with Crippen LogP contribution < -0.4 is 31.2 Å².